The molecule has 0 saturated heterocycles. The lowest BCUT2D eigenvalue weighted by atomic mass is 9.76. The molecule has 2 aliphatic heterocycles. The molecule has 0 N–H and O–H groups in total. The molecule has 254 valence electrons. The normalized spacial score (nSPS) is 22.6. The minimum atomic E-state index is -0.635. The Labute approximate surface area is 307 Å². The monoisotopic (exact) mass is 718 g/mol. The fraction of sp³-hybridized carbons (Fsp3) is 0.182. The van der Waals surface area contributed by atoms with Crippen molar-refractivity contribution < 1.29 is 28.7 Å². The average molecular weight is 719 g/mol. The number of allylic oxidation sites excluding steroid dienone is 8. The molecule has 52 heavy (non-hydrogen) atoms. The first-order chi connectivity index (χ1) is 24.9. The van der Waals surface area contributed by atoms with Crippen molar-refractivity contribution in [1.29, 1.82) is 0 Å². The highest BCUT2D eigenvalue weighted by atomic mass is 32.1. The largest absolute Gasteiger partial charge is 0.483 e. The molecule has 4 aromatic rings. The molecule has 2 aromatic heterocycles. The number of ketones is 4. The molecule has 2 aromatic carbocycles. The van der Waals surface area contributed by atoms with Crippen LogP contribution in [0.5, 0.6) is 0 Å². The molecule has 8 heteroatoms. The predicted octanol–water partition coefficient (Wildman–Crippen LogP) is 9.76. The zero-order chi connectivity index (χ0) is 35.8. The number of carbonyl (C=O) groups is 4. The number of thiophene rings is 2. The van der Waals surface area contributed by atoms with E-state index in [1.165, 1.54) is 0 Å². The Hall–Kier alpha value is -5.44. The molecule has 6 aliphatic rings. The van der Waals surface area contributed by atoms with Crippen LogP contribution in [0, 0.1) is 11.8 Å². The van der Waals surface area contributed by atoms with Crippen LogP contribution < -0.4 is 0 Å². The van der Waals surface area contributed by atoms with Crippen LogP contribution in [0.15, 0.2) is 108 Å². The second kappa shape index (κ2) is 10.6. The van der Waals surface area contributed by atoms with Gasteiger partial charge >= 0.3 is 0 Å². The highest BCUT2D eigenvalue weighted by molar-refractivity contribution is 7.14. The van der Waals surface area contributed by atoms with Gasteiger partial charge in [-0.15, -0.1) is 22.7 Å². The molecule has 0 fully saturated rings. The Morgan fingerprint density at radius 1 is 0.538 bits per heavy atom. The second-order valence-electron chi connectivity index (χ2n) is 14.9. The summed E-state index contributed by atoms with van der Waals surface area (Å²) in [5.41, 5.74) is 4.96. The van der Waals surface area contributed by atoms with Crippen molar-refractivity contribution in [2.24, 2.45) is 11.8 Å². The number of carbonyl (C=O) groups excluding carboxylic acids is 4. The van der Waals surface area contributed by atoms with Gasteiger partial charge in [0.15, 0.2) is 23.1 Å². The van der Waals surface area contributed by atoms with Crippen molar-refractivity contribution in [1.82, 2.24) is 0 Å². The van der Waals surface area contributed by atoms with Crippen molar-refractivity contribution >= 4 is 69.1 Å². The fourth-order valence-corrected chi connectivity index (χ4v) is 10.7. The van der Waals surface area contributed by atoms with E-state index in [0.717, 1.165) is 53.3 Å². The van der Waals surface area contributed by atoms with Gasteiger partial charge in [-0.25, -0.2) is 0 Å². The molecule has 0 amide bonds. The highest BCUT2D eigenvalue weighted by Crippen LogP contribution is 2.54. The SMILES string of the molecule is CC1(C)OC2=CC3C=C4C(=CC3C=C2c2sc(C=C3C(=O)c5ccccc5C3=O)cc21)OC(C)(C)c1cc(C=C2C(=O)c3ccccc3C2=O)sc14. The molecule has 4 heterocycles. The zero-order valence-electron chi connectivity index (χ0n) is 28.7. The van der Waals surface area contributed by atoms with Crippen LogP contribution in [0.1, 0.15) is 99.8 Å². The third kappa shape index (κ3) is 4.40. The lowest BCUT2D eigenvalue weighted by molar-refractivity contribution is 0.0318. The minimum Gasteiger partial charge on any atom is -0.483 e. The first kappa shape index (κ1) is 31.3. The Bertz CT molecular complexity index is 2350. The molecule has 0 radical (unpaired) electrons. The van der Waals surface area contributed by atoms with Gasteiger partial charge in [0.2, 0.25) is 0 Å². The van der Waals surface area contributed by atoms with Gasteiger partial charge in [-0.3, -0.25) is 19.2 Å². The van der Waals surface area contributed by atoms with E-state index in [-0.39, 0.29) is 46.1 Å². The number of fused-ring (bicyclic) bond motifs is 9. The Morgan fingerprint density at radius 3 is 1.23 bits per heavy atom. The first-order valence-corrected chi connectivity index (χ1v) is 18.9. The van der Waals surface area contributed by atoms with E-state index in [1.807, 2.05) is 39.8 Å². The topological polar surface area (TPSA) is 86.7 Å². The summed E-state index contributed by atoms with van der Waals surface area (Å²) >= 11 is 3.14. The summed E-state index contributed by atoms with van der Waals surface area (Å²) in [6, 6.07) is 18.0. The highest BCUT2D eigenvalue weighted by Gasteiger charge is 2.43. The molecule has 0 spiro atoms. The van der Waals surface area contributed by atoms with Crippen LogP contribution in [-0.4, -0.2) is 23.1 Å². The van der Waals surface area contributed by atoms with Gasteiger partial charge < -0.3 is 9.47 Å². The summed E-state index contributed by atoms with van der Waals surface area (Å²) in [5.74, 6) is 0.685. The first-order valence-electron chi connectivity index (χ1n) is 17.2. The van der Waals surface area contributed by atoms with E-state index in [1.54, 1.807) is 83.4 Å². The number of hydrogen-bond donors (Lipinski definition) is 0. The number of hydrogen-bond acceptors (Lipinski definition) is 8. The quantitative estimate of drug-likeness (QED) is 0.152. The van der Waals surface area contributed by atoms with Crippen LogP contribution >= 0.6 is 22.7 Å². The minimum absolute atomic E-state index is 0.0118. The molecule has 0 bridgehead atoms. The van der Waals surface area contributed by atoms with Gasteiger partial charge in [0.25, 0.3) is 0 Å². The van der Waals surface area contributed by atoms with Crippen LogP contribution in [-0.2, 0) is 20.7 Å². The molecule has 4 aliphatic carbocycles. The van der Waals surface area contributed by atoms with Crippen LogP contribution in [0.25, 0.3) is 23.3 Å². The van der Waals surface area contributed by atoms with Gasteiger partial charge in [-0.05, 0) is 64.1 Å². The van der Waals surface area contributed by atoms with Crippen molar-refractivity contribution in [3.05, 3.63) is 161 Å². The molecule has 2 atom stereocenters. The Morgan fingerprint density at radius 2 is 0.885 bits per heavy atom. The molecule has 2 unspecified atom stereocenters. The molecule has 6 nitrogen and oxygen atoms in total. The van der Waals surface area contributed by atoms with E-state index in [9.17, 15) is 19.2 Å². The third-order valence-electron chi connectivity index (χ3n) is 10.8. The molecule has 10 rings (SSSR count). The molecular formula is C44H30O6S2. The summed E-state index contributed by atoms with van der Waals surface area (Å²) in [7, 11) is 0. The van der Waals surface area contributed by atoms with Gasteiger partial charge in [0.1, 0.15) is 22.7 Å². The van der Waals surface area contributed by atoms with E-state index in [4.69, 9.17) is 9.47 Å². The lowest BCUT2D eigenvalue weighted by Gasteiger charge is -2.40. The van der Waals surface area contributed by atoms with Gasteiger partial charge in [0, 0.05) is 75.9 Å². The number of benzene rings is 2. The van der Waals surface area contributed by atoms with E-state index in [2.05, 4.69) is 24.3 Å². The summed E-state index contributed by atoms with van der Waals surface area (Å²) in [6.07, 6.45) is 12.3. The predicted molar refractivity (Wildman–Crippen MR) is 202 cm³/mol. The van der Waals surface area contributed by atoms with Crippen molar-refractivity contribution in [3.8, 4) is 0 Å². The standard InChI is InChI=1S/C44H30O6S2/c1-43(2)33-19-23(17-31-37(45)25-9-5-6-10-26(25)38(31)46)51-41(33)29-13-22-16-36-30(14-21(22)15-35(29)49-43)42-34(44(3,4)50-36)20-24(52-42)18-32-39(47)27-11-7-8-12-28(27)40(32)48/h5-22H,1-4H3. The molecular weight excluding hydrogens is 689 g/mol. The summed E-state index contributed by atoms with van der Waals surface area (Å²) in [4.78, 5) is 56.5. The Kier molecular flexibility index (Phi) is 6.36. The van der Waals surface area contributed by atoms with Crippen molar-refractivity contribution in [3.63, 3.8) is 0 Å². The van der Waals surface area contributed by atoms with Crippen molar-refractivity contribution in [2.45, 2.75) is 38.9 Å². The molecule has 0 saturated carbocycles. The average Bonchev–Trinajstić information content (AvgIpc) is 3.86. The van der Waals surface area contributed by atoms with Crippen LogP contribution in [0.3, 0.4) is 0 Å². The van der Waals surface area contributed by atoms with Gasteiger partial charge in [-0.2, -0.15) is 0 Å². The van der Waals surface area contributed by atoms with Crippen LogP contribution in [0.4, 0.5) is 0 Å². The van der Waals surface area contributed by atoms with Gasteiger partial charge in [-0.1, -0.05) is 60.7 Å². The maximum atomic E-state index is 13.2. The maximum absolute atomic E-state index is 13.2. The third-order valence-corrected chi connectivity index (χ3v) is 13.0. The Balaban J connectivity index is 1.01. The fourth-order valence-electron chi connectivity index (χ4n) is 8.18. The number of ether oxygens (including phenoxy) is 2. The van der Waals surface area contributed by atoms with E-state index >= 15 is 0 Å². The van der Waals surface area contributed by atoms with E-state index < -0.39 is 11.2 Å². The van der Waals surface area contributed by atoms with Crippen molar-refractivity contribution in [2.75, 3.05) is 0 Å². The maximum Gasteiger partial charge on any atom is 0.197 e. The number of Topliss-reactive ketones (excluding diaryl/α,β-unsaturated/α-hetero) is 4. The second-order valence-corrected chi connectivity index (χ2v) is 17.1. The summed E-state index contributed by atoms with van der Waals surface area (Å²) in [5, 5.41) is 0. The smallest absolute Gasteiger partial charge is 0.197 e. The van der Waals surface area contributed by atoms with Gasteiger partial charge in [0.05, 0.1) is 11.1 Å². The zero-order valence-corrected chi connectivity index (χ0v) is 30.3. The lowest BCUT2D eigenvalue weighted by Crippen LogP contribution is -2.31. The summed E-state index contributed by atoms with van der Waals surface area (Å²) in [6.45, 7) is 8.17. The number of rotatable bonds is 2. The van der Waals surface area contributed by atoms with E-state index in [0.29, 0.717) is 22.3 Å². The van der Waals surface area contributed by atoms with Crippen LogP contribution in [0.2, 0.25) is 0 Å². The summed E-state index contributed by atoms with van der Waals surface area (Å²) < 4.78 is 13.4.